The molecule has 1 N–H and O–H groups in total. The normalized spacial score (nSPS) is 18.0. The summed E-state index contributed by atoms with van der Waals surface area (Å²) in [6.07, 6.45) is 0. The molecule has 2 heterocycles. The maximum atomic E-state index is 13.2. The van der Waals surface area contributed by atoms with Gasteiger partial charge in [0.2, 0.25) is 5.76 Å². The Kier molecular flexibility index (Phi) is 8.35. The summed E-state index contributed by atoms with van der Waals surface area (Å²) in [4.78, 5) is 28.1. The van der Waals surface area contributed by atoms with Crippen molar-refractivity contribution in [2.24, 2.45) is 0 Å². The van der Waals surface area contributed by atoms with Gasteiger partial charge in [-0.1, -0.05) is 23.7 Å². The molecule has 0 spiro atoms. The molecule has 1 fully saturated rings. The number of piperazine rings is 1. The predicted molar refractivity (Wildman–Crippen MR) is 134 cm³/mol. The molecular formula is C27H28ClFN2O6. The van der Waals surface area contributed by atoms with Gasteiger partial charge in [0, 0.05) is 42.8 Å². The maximum Gasteiger partial charge on any atom is 0.371 e. The van der Waals surface area contributed by atoms with Crippen molar-refractivity contribution in [1.82, 2.24) is 9.80 Å². The summed E-state index contributed by atoms with van der Waals surface area (Å²) in [5.74, 6) is -0.815. The van der Waals surface area contributed by atoms with E-state index in [1.54, 1.807) is 35.2 Å². The summed E-state index contributed by atoms with van der Waals surface area (Å²) < 4.78 is 30.0. The Labute approximate surface area is 219 Å². The third kappa shape index (κ3) is 6.81. The largest absolute Gasteiger partial charge is 0.482 e. The van der Waals surface area contributed by atoms with Crippen molar-refractivity contribution < 1.29 is 33.0 Å². The van der Waals surface area contributed by atoms with E-state index in [2.05, 4.69) is 11.8 Å². The van der Waals surface area contributed by atoms with Gasteiger partial charge in [0.05, 0.1) is 0 Å². The van der Waals surface area contributed by atoms with Gasteiger partial charge in [0.1, 0.15) is 18.2 Å². The molecule has 1 aromatic heterocycles. The van der Waals surface area contributed by atoms with Crippen molar-refractivity contribution in [2.45, 2.75) is 39.1 Å². The first-order valence-corrected chi connectivity index (χ1v) is 12.2. The number of aromatic carboxylic acids is 1. The molecule has 0 bridgehead atoms. The summed E-state index contributed by atoms with van der Waals surface area (Å²) in [6.45, 7) is 5.73. The molecule has 0 saturated carbocycles. The molecule has 1 aliphatic rings. The number of halogens is 2. The van der Waals surface area contributed by atoms with Crippen LogP contribution >= 0.6 is 11.6 Å². The first-order chi connectivity index (χ1) is 17.7. The fourth-order valence-corrected chi connectivity index (χ4v) is 4.41. The number of hydrogen-bond donors (Lipinski definition) is 1. The number of ether oxygens (including phenoxy) is 2. The number of hydrogen-bond acceptors (Lipinski definition) is 6. The zero-order chi connectivity index (χ0) is 26.5. The molecule has 1 amide bonds. The third-order valence-electron chi connectivity index (χ3n) is 6.23. The predicted octanol–water partition coefficient (Wildman–Crippen LogP) is 4.85. The number of benzene rings is 2. The summed E-state index contributed by atoms with van der Waals surface area (Å²) in [6, 6.07) is 14.2. The monoisotopic (exact) mass is 530 g/mol. The van der Waals surface area contributed by atoms with Crippen LogP contribution in [0, 0.1) is 5.82 Å². The molecular weight excluding hydrogens is 503 g/mol. The van der Waals surface area contributed by atoms with E-state index in [0.29, 0.717) is 41.9 Å². The van der Waals surface area contributed by atoms with Gasteiger partial charge in [-0.25, -0.2) is 9.18 Å². The van der Waals surface area contributed by atoms with E-state index in [1.165, 1.54) is 24.3 Å². The average molecular weight is 531 g/mol. The lowest BCUT2D eigenvalue weighted by Gasteiger charge is -2.44. The van der Waals surface area contributed by atoms with Crippen molar-refractivity contribution in [1.29, 1.82) is 0 Å². The van der Waals surface area contributed by atoms with Gasteiger partial charge in [-0.3, -0.25) is 9.69 Å². The standard InChI is InChI=1S/C27H28ClFN2O6/c1-17-13-31(18(2)12-30(17)14-19-3-6-21(29)7-4-19)26(32)16-36-23-9-5-20(28)11-25(23)35-15-22-8-10-24(37-22)27(33)34/h3-11,17-18H,12-16H2,1-2H3,(H,33,34)/t17-,18+/m0/s1. The zero-order valence-corrected chi connectivity index (χ0v) is 21.3. The van der Waals surface area contributed by atoms with E-state index in [1.807, 2.05) is 6.92 Å². The second-order valence-corrected chi connectivity index (χ2v) is 9.48. The van der Waals surface area contributed by atoms with Gasteiger partial charge in [0.15, 0.2) is 18.1 Å². The number of furan rings is 1. The van der Waals surface area contributed by atoms with Crippen molar-refractivity contribution in [3.8, 4) is 11.5 Å². The SMILES string of the molecule is C[C@@H]1CN(Cc2ccc(F)cc2)[C@@H](C)CN1C(=O)COc1ccc(Cl)cc1OCc1ccc(C(=O)O)o1. The molecule has 1 saturated heterocycles. The highest BCUT2D eigenvalue weighted by atomic mass is 35.5. The van der Waals surface area contributed by atoms with Crippen LogP contribution in [-0.2, 0) is 17.9 Å². The summed E-state index contributed by atoms with van der Waals surface area (Å²) >= 11 is 6.11. The van der Waals surface area contributed by atoms with Crippen molar-refractivity contribution in [2.75, 3.05) is 19.7 Å². The van der Waals surface area contributed by atoms with Crippen LogP contribution in [0.15, 0.2) is 59.0 Å². The van der Waals surface area contributed by atoms with Gasteiger partial charge >= 0.3 is 5.97 Å². The lowest BCUT2D eigenvalue weighted by molar-refractivity contribution is -0.139. The van der Waals surface area contributed by atoms with Crippen LogP contribution in [-0.4, -0.2) is 58.6 Å². The van der Waals surface area contributed by atoms with Gasteiger partial charge in [-0.2, -0.15) is 0 Å². The van der Waals surface area contributed by atoms with Crippen LogP contribution in [0.4, 0.5) is 4.39 Å². The van der Waals surface area contributed by atoms with Crippen molar-refractivity contribution in [3.05, 3.63) is 82.5 Å². The average Bonchev–Trinajstić information content (AvgIpc) is 3.35. The molecule has 3 aromatic rings. The Hall–Kier alpha value is -3.56. The van der Waals surface area contributed by atoms with Crippen LogP contribution in [0.3, 0.4) is 0 Å². The molecule has 10 heteroatoms. The lowest BCUT2D eigenvalue weighted by Crippen LogP contribution is -2.58. The number of carbonyl (C=O) groups excluding carboxylic acids is 1. The Morgan fingerprint density at radius 3 is 2.49 bits per heavy atom. The van der Waals surface area contributed by atoms with Gasteiger partial charge < -0.3 is 23.9 Å². The van der Waals surface area contributed by atoms with E-state index < -0.39 is 5.97 Å². The van der Waals surface area contributed by atoms with Gasteiger partial charge in [-0.05, 0) is 55.8 Å². The Morgan fingerprint density at radius 2 is 1.78 bits per heavy atom. The second-order valence-electron chi connectivity index (χ2n) is 9.04. The summed E-state index contributed by atoms with van der Waals surface area (Å²) in [7, 11) is 0. The fraction of sp³-hybridized carbons (Fsp3) is 0.333. The molecule has 37 heavy (non-hydrogen) atoms. The molecule has 2 atom stereocenters. The van der Waals surface area contributed by atoms with Crippen molar-refractivity contribution >= 4 is 23.5 Å². The number of carbonyl (C=O) groups is 2. The molecule has 0 aliphatic carbocycles. The molecule has 4 rings (SSSR count). The smallest absolute Gasteiger partial charge is 0.371 e. The van der Waals surface area contributed by atoms with E-state index in [4.69, 9.17) is 30.6 Å². The number of carboxylic acids is 1. The first kappa shape index (κ1) is 26.5. The Morgan fingerprint density at radius 1 is 1.03 bits per heavy atom. The van der Waals surface area contributed by atoms with Crippen LogP contribution in [0.2, 0.25) is 5.02 Å². The quantitative estimate of drug-likeness (QED) is 0.423. The van der Waals surface area contributed by atoms with Crippen LogP contribution in [0.25, 0.3) is 0 Å². The van der Waals surface area contributed by atoms with E-state index >= 15 is 0 Å². The second kappa shape index (κ2) is 11.7. The number of nitrogens with zero attached hydrogens (tertiary/aromatic N) is 2. The minimum atomic E-state index is -1.17. The first-order valence-electron chi connectivity index (χ1n) is 11.8. The van der Waals surface area contributed by atoms with Crippen LogP contribution < -0.4 is 9.47 Å². The lowest BCUT2D eigenvalue weighted by atomic mass is 10.1. The molecule has 0 radical (unpaired) electrons. The molecule has 8 nitrogen and oxygen atoms in total. The highest BCUT2D eigenvalue weighted by Crippen LogP contribution is 2.31. The molecule has 1 aliphatic heterocycles. The van der Waals surface area contributed by atoms with E-state index in [-0.39, 0.29) is 42.8 Å². The summed E-state index contributed by atoms with van der Waals surface area (Å²) in [5, 5.41) is 9.41. The van der Waals surface area contributed by atoms with Gasteiger partial charge in [-0.15, -0.1) is 0 Å². The number of amides is 1. The Bertz CT molecular complexity index is 1250. The van der Waals surface area contributed by atoms with E-state index in [9.17, 15) is 14.0 Å². The Balaban J connectivity index is 1.34. The minimum absolute atomic E-state index is 0.0314. The highest BCUT2D eigenvalue weighted by Gasteiger charge is 2.32. The fourth-order valence-electron chi connectivity index (χ4n) is 4.25. The zero-order valence-electron chi connectivity index (χ0n) is 20.5. The van der Waals surface area contributed by atoms with Crippen LogP contribution in [0.5, 0.6) is 11.5 Å². The molecule has 2 aromatic carbocycles. The topological polar surface area (TPSA) is 92.5 Å². The number of carboxylic acid groups (broad SMARTS) is 1. The molecule has 0 unspecified atom stereocenters. The highest BCUT2D eigenvalue weighted by molar-refractivity contribution is 6.30. The third-order valence-corrected chi connectivity index (χ3v) is 6.47. The molecule has 196 valence electrons. The van der Waals surface area contributed by atoms with Crippen molar-refractivity contribution in [3.63, 3.8) is 0 Å². The van der Waals surface area contributed by atoms with Crippen LogP contribution in [0.1, 0.15) is 35.7 Å². The number of rotatable bonds is 9. The van der Waals surface area contributed by atoms with Gasteiger partial charge in [0.25, 0.3) is 5.91 Å². The van der Waals surface area contributed by atoms with E-state index in [0.717, 1.165) is 5.56 Å². The maximum absolute atomic E-state index is 13.2. The summed E-state index contributed by atoms with van der Waals surface area (Å²) in [5.41, 5.74) is 1.02. The minimum Gasteiger partial charge on any atom is -0.482 e.